The molecule has 8 nitrogen and oxygen atoms in total. The number of urea groups is 1. The van der Waals surface area contributed by atoms with E-state index >= 15 is 0 Å². The molecule has 2 heterocycles. The normalized spacial score (nSPS) is 27.9. The van der Waals surface area contributed by atoms with E-state index in [9.17, 15) is 19.6 Å². The third kappa shape index (κ3) is 2.97. The molecule has 3 aliphatic rings. The van der Waals surface area contributed by atoms with Gasteiger partial charge in [-0.2, -0.15) is 5.26 Å². The lowest BCUT2D eigenvalue weighted by molar-refractivity contribution is -0.126. The highest BCUT2D eigenvalue weighted by Crippen LogP contribution is 2.72. The number of rotatable bonds is 3. The minimum atomic E-state index is -1.18. The van der Waals surface area contributed by atoms with Gasteiger partial charge in [0.05, 0.1) is 47.4 Å². The van der Waals surface area contributed by atoms with Crippen molar-refractivity contribution in [3.05, 3.63) is 64.7 Å². The Morgan fingerprint density at radius 2 is 1.71 bits per heavy atom. The first-order valence-corrected chi connectivity index (χ1v) is 11.4. The van der Waals surface area contributed by atoms with Crippen LogP contribution in [0.1, 0.15) is 29.2 Å². The summed E-state index contributed by atoms with van der Waals surface area (Å²) in [7, 11) is 0. The van der Waals surface area contributed by atoms with Crippen LogP contribution in [-0.2, 0) is 19.9 Å². The molecular weight excluding hydrogens is 432 g/mol. The van der Waals surface area contributed by atoms with Gasteiger partial charge in [0.15, 0.2) is 0 Å². The maximum absolute atomic E-state index is 13.8. The van der Waals surface area contributed by atoms with E-state index in [2.05, 4.69) is 11.4 Å². The number of nitriles is 1. The smallest absolute Gasteiger partial charge is 0.318 e. The van der Waals surface area contributed by atoms with Gasteiger partial charge in [-0.3, -0.25) is 9.59 Å². The second-order valence-corrected chi connectivity index (χ2v) is 9.49. The van der Waals surface area contributed by atoms with E-state index in [-0.39, 0.29) is 17.8 Å². The number of morpholine rings is 1. The Labute approximate surface area is 198 Å². The SMILES string of the molecule is Cc1cc(C)cc(N2C(=O)[C@@H]3[C@](C)(C2=O)[C@]3(NC(=O)N2CCOCC2)c2ccc(C#N)cc2)c1. The van der Waals surface area contributed by atoms with Crippen LogP contribution in [0.15, 0.2) is 42.5 Å². The molecule has 8 heteroatoms. The molecule has 0 radical (unpaired) electrons. The summed E-state index contributed by atoms with van der Waals surface area (Å²) in [5, 5.41) is 12.3. The van der Waals surface area contributed by atoms with Gasteiger partial charge in [-0.1, -0.05) is 18.2 Å². The molecule has 2 aromatic carbocycles. The van der Waals surface area contributed by atoms with Crippen molar-refractivity contribution in [2.45, 2.75) is 26.3 Å². The number of carbonyl (C=O) groups excluding carboxylic acids is 3. The van der Waals surface area contributed by atoms with Gasteiger partial charge in [0.25, 0.3) is 0 Å². The molecule has 2 saturated heterocycles. The van der Waals surface area contributed by atoms with Crippen LogP contribution in [0, 0.1) is 36.5 Å². The van der Waals surface area contributed by atoms with Gasteiger partial charge < -0.3 is 15.0 Å². The van der Waals surface area contributed by atoms with E-state index < -0.39 is 16.9 Å². The average molecular weight is 459 g/mol. The zero-order valence-corrected chi connectivity index (χ0v) is 19.4. The first-order valence-electron chi connectivity index (χ1n) is 11.4. The predicted molar refractivity (Wildman–Crippen MR) is 124 cm³/mol. The van der Waals surface area contributed by atoms with Gasteiger partial charge in [-0.05, 0) is 61.7 Å². The highest BCUT2D eigenvalue weighted by molar-refractivity contribution is 6.28. The van der Waals surface area contributed by atoms with E-state index in [0.717, 1.165) is 11.1 Å². The van der Waals surface area contributed by atoms with Crippen LogP contribution in [0.25, 0.3) is 0 Å². The van der Waals surface area contributed by atoms with Gasteiger partial charge in [-0.15, -0.1) is 0 Å². The van der Waals surface area contributed by atoms with Crippen LogP contribution in [0.3, 0.4) is 0 Å². The quantitative estimate of drug-likeness (QED) is 0.713. The Morgan fingerprint density at radius 3 is 2.24 bits per heavy atom. The molecule has 3 fully saturated rings. The molecular formula is C26H26N4O4. The van der Waals surface area contributed by atoms with Crippen molar-refractivity contribution in [2.24, 2.45) is 11.3 Å². The molecule has 34 heavy (non-hydrogen) atoms. The number of ether oxygens (including phenoxy) is 1. The number of piperidine rings is 1. The predicted octanol–water partition coefficient (Wildman–Crippen LogP) is 2.62. The van der Waals surface area contributed by atoms with Crippen molar-refractivity contribution >= 4 is 23.5 Å². The second-order valence-electron chi connectivity index (χ2n) is 9.49. The van der Waals surface area contributed by atoms with Crippen molar-refractivity contribution in [3.63, 3.8) is 0 Å². The van der Waals surface area contributed by atoms with Crippen LogP contribution >= 0.6 is 0 Å². The van der Waals surface area contributed by atoms with Crippen LogP contribution in [0.5, 0.6) is 0 Å². The number of anilines is 1. The Balaban J connectivity index is 1.55. The summed E-state index contributed by atoms with van der Waals surface area (Å²) in [6.07, 6.45) is 0. The largest absolute Gasteiger partial charge is 0.378 e. The zero-order chi connectivity index (χ0) is 24.3. The van der Waals surface area contributed by atoms with E-state index in [1.54, 1.807) is 36.1 Å². The van der Waals surface area contributed by atoms with Crippen molar-refractivity contribution in [3.8, 4) is 6.07 Å². The van der Waals surface area contributed by atoms with Crippen LogP contribution in [-0.4, -0.2) is 49.0 Å². The minimum absolute atomic E-state index is 0.330. The summed E-state index contributed by atoms with van der Waals surface area (Å²) in [5.74, 6) is -1.41. The zero-order valence-electron chi connectivity index (χ0n) is 19.4. The molecule has 174 valence electrons. The molecule has 0 aromatic heterocycles. The number of aryl methyl sites for hydroxylation is 2. The third-order valence-corrected chi connectivity index (χ3v) is 7.40. The minimum Gasteiger partial charge on any atom is -0.378 e. The lowest BCUT2D eigenvalue weighted by Gasteiger charge is -2.33. The lowest BCUT2D eigenvalue weighted by Crippen LogP contribution is -2.54. The maximum atomic E-state index is 13.8. The number of fused-ring (bicyclic) bond motifs is 1. The third-order valence-electron chi connectivity index (χ3n) is 7.40. The molecule has 0 bridgehead atoms. The molecule has 0 unspecified atom stereocenters. The Morgan fingerprint density at radius 1 is 1.09 bits per heavy atom. The fourth-order valence-corrected chi connectivity index (χ4v) is 5.69. The molecule has 1 saturated carbocycles. The van der Waals surface area contributed by atoms with Crippen molar-refractivity contribution < 1.29 is 19.1 Å². The Kier molecular flexibility index (Phi) is 4.99. The van der Waals surface area contributed by atoms with Crippen LogP contribution < -0.4 is 10.2 Å². The number of imide groups is 1. The highest BCUT2D eigenvalue weighted by Gasteiger charge is 2.87. The Bertz CT molecular complexity index is 1220. The van der Waals surface area contributed by atoms with Crippen molar-refractivity contribution in [2.75, 3.05) is 31.2 Å². The van der Waals surface area contributed by atoms with Gasteiger partial charge in [0, 0.05) is 13.1 Å². The molecule has 3 atom stereocenters. The number of amides is 4. The van der Waals surface area contributed by atoms with Gasteiger partial charge >= 0.3 is 6.03 Å². The molecule has 4 amide bonds. The summed E-state index contributed by atoms with van der Waals surface area (Å²) < 4.78 is 5.35. The number of hydrogen-bond acceptors (Lipinski definition) is 5. The summed E-state index contributed by atoms with van der Waals surface area (Å²) >= 11 is 0. The summed E-state index contributed by atoms with van der Waals surface area (Å²) in [4.78, 5) is 43.7. The van der Waals surface area contributed by atoms with Crippen LogP contribution in [0.4, 0.5) is 10.5 Å². The number of nitrogens with one attached hydrogen (secondary N) is 1. The second kappa shape index (κ2) is 7.67. The van der Waals surface area contributed by atoms with E-state index in [0.29, 0.717) is 43.1 Å². The maximum Gasteiger partial charge on any atom is 0.318 e. The molecule has 1 N–H and O–H groups in total. The lowest BCUT2D eigenvalue weighted by atomic mass is 9.92. The molecule has 1 aliphatic carbocycles. The number of carbonyl (C=O) groups is 3. The summed E-state index contributed by atoms with van der Waals surface area (Å²) in [6.45, 7) is 7.35. The summed E-state index contributed by atoms with van der Waals surface area (Å²) in [6, 6.07) is 14.1. The number of benzene rings is 2. The molecule has 0 spiro atoms. The van der Waals surface area contributed by atoms with Gasteiger partial charge in [0.1, 0.15) is 0 Å². The molecule has 5 rings (SSSR count). The number of hydrogen-bond donors (Lipinski definition) is 1. The fourth-order valence-electron chi connectivity index (χ4n) is 5.69. The average Bonchev–Trinajstić information content (AvgIpc) is 3.30. The van der Waals surface area contributed by atoms with Gasteiger partial charge in [-0.25, -0.2) is 9.69 Å². The van der Waals surface area contributed by atoms with Crippen molar-refractivity contribution in [1.82, 2.24) is 10.2 Å². The Hall–Kier alpha value is -3.70. The van der Waals surface area contributed by atoms with E-state index in [1.165, 1.54) is 4.90 Å². The van der Waals surface area contributed by atoms with E-state index in [1.807, 2.05) is 32.0 Å². The first kappa shape index (κ1) is 22.1. The topological polar surface area (TPSA) is 103 Å². The van der Waals surface area contributed by atoms with E-state index in [4.69, 9.17) is 4.74 Å². The van der Waals surface area contributed by atoms with Gasteiger partial charge in [0.2, 0.25) is 11.8 Å². The summed E-state index contributed by atoms with van der Waals surface area (Å²) in [5.41, 5.74) is 1.25. The fraction of sp³-hybridized carbons (Fsp3) is 0.385. The molecule has 2 aliphatic heterocycles. The molecule has 2 aromatic rings. The number of nitrogens with zero attached hydrogens (tertiary/aromatic N) is 3. The highest BCUT2D eigenvalue weighted by atomic mass is 16.5. The standard InChI is InChI=1S/C26H26N4O4/c1-16-12-17(2)14-20(13-16)30-22(31)21-25(3,23(30)32)26(21,19-6-4-18(15-27)5-7-19)28-24(33)29-8-10-34-11-9-29/h4-7,12-14,21H,8-11H2,1-3H3,(H,28,33)/t21-,25-,26+/m1/s1. The monoisotopic (exact) mass is 458 g/mol. The van der Waals surface area contributed by atoms with Crippen molar-refractivity contribution in [1.29, 1.82) is 5.26 Å². The first-order chi connectivity index (χ1) is 16.2. The van der Waals surface area contributed by atoms with Crippen LogP contribution in [0.2, 0.25) is 0 Å².